The van der Waals surface area contributed by atoms with Crippen LogP contribution in [0.2, 0.25) is 0 Å². The van der Waals surface area contributed by atoms with E-state index in [0.29, 0.717) is 24.2 Å². The number of methoxy groups -OCH3 is 1. The summed E-state index contributed by atoms with van der Waals surface area (Å²) < 4.78 is 4.75. The van der Waals surface area contributed by atoms with Crippen molar-refractivity contribution in [1.82, 2.24) is 9.88 Å². The van der Waals surface area contributed by atoms with Gasteiger partial charge in [0, 0.05) is 36.4 Å². The van der Waals surface area contributed by atoms with Crippen molar-refractivity contribution in [2.24, 2.45) is 0 Å². The number of aromatic amines is 1. The lowest BCUT2D eigenvalue weighted by atomic mass is 9.93. The first-order valence-electron chi connectivity index (χ1n) is 11.1. The molecule has 1 aromatic heterocycles. The second-order valence-electron chi connectivity index (χ2n) is 8.75. The maximum atomic E-state index is 13.8. The van der Waals surface area contributed by atoms with E-state index in [-0.39, 0.29) is 34.6 Å². The van der Waals surface area contributed by atoms with Crippen molar-refractivity contribution in [2.75, 3.05) is 34.3 Å². The second kappa shape index (κ2) is 10.1. The zero-order valence-corrected chi connectivity index (χ0v) is 20.3. The van der Waals surface area contributed by atoms with Crippen molar-refractivity contribution in [3.8, 4) is 0 Å². The molecule has 2 N–H and O–H groups in total. The minimum atomic E-state index is -1.09. The van der Waals surface area contributed by atoms with E-state index in [0.717, 1.165) is 4.90 Å². The van der Waals surface area contributed by atoms with Crippen LogP contribution in [-0.2, 0) is 14.3 Å². The Bertz CT molecular complexity index is 1230. The molecule has 0 spiro atoms. The molecule has 1 saturated heterocycles. The monoisotopic (exact) mass is 484 g/mol. The summed E-state index contributed by atoms with van der Waals surface area (Å²) in [7, 11) is 5.11. The average molecular weight is 485 g/mol. The molecule has 1 aliphatic rings. The molecule has 1 unspecified atom stereocenters. The van der Waals surface area contributed by atoms with Gasteiger partial charge in [-0.05, 0) is 30.5 Å². The summed E-state index contributed by atoms with van der Waals surface area (Å²) >= 11 is 0. The van der Waals surface area contributed by atoms with Crippen LogP contribution < -0.4 is 10.0 Å². The van der Waals surface area contributed by atoms with Crippen molar-refractivity contribution in [3.63, 3.8) is 0 Å². The molecule has 2 aromatic rings. The van der Waals surface area contributed by atoms with Gasteiger partial charge in [-0.15, -0.1) is 0 Å². The summed E-state index contributed by atoms with van der Waals surface area (Å²) in [5.41, 5.74) is 0.570. The number of rotatable bonds is 8. The summed E-state index contributed by atoms with van der Waals surface area (Å²) in [6, 6.07) is 4.48. The minimum Gasteiger partial charge on any atom is -0.872 e. The number of nitro groups is 1. The molecule has 1 atom stereocenters. The number of quaternary nitrogens is 1. The number of hydrogen-bond acceptors (Lipinski definition) is 7. The van der Waals surface area contributed by atoms with Crippen LogP contribution in [0.4, 0.5) is 5.69 Å². The Kier molecular flexibility index (Phi) is 7.39. The number of carbonyl (C=O) groups is 3. The van der Waals surface area contributed by atoms with Crippen LogP contribution in [0.25, 0.3) is 5.76 Å². The Morgan fingerprint density at radius 2 is 1.94 bits per heavy atom. The Morgan fingerprint density at radius 3 is 2.54 bits per heavy atom. The summed E-state index contributed by atoms with van der Waals surface area (Å²) in [6.07, 6.45) is 0.558. The lowest BCUT2D eigenvalue weighted by Crippen LogP contribution is -3.05. The van der Waals surface area contributed by atoms with E-state index in [1.54, 1.807) is 19.9 Å². The van der Waals surface area contributed by atoms with E-state index in [4.69, 9.17) is 4.74 Å². The van der Waals surface area contributed by atoms with Gasteiger partial charge in [0.15, 0.2) is 0 Å². The number of ether oxygens (including phenoxy) is 1. The average Bonchev–Trinajstić information content (AvgIpc) is 3.25. The van der Waals surface area contributed by atoms with Crippen LogP contribution in [0.5, 0.6) is 0 Å². The number of esters is 1. The highest BCUT2D eigenvalue weighted by atomic mass is 16.6. The summed E-state index contributed by atoms with van der Waals surface area (Å²) in [6.45, 7) is 4.03. The summed E-state index contributed by atoms with van der Waals surface area (Å²) in [4.78, 5) is 54.4. The number of nitro benzene ring substituents is 1. The Hall–Kier alpha value is -3.99. The standard InChI is InChI=1S/C24H28N4O7/c1-13-17(14(2)25-19(13)24(32)35-5)21(29)18-20(15-8-6-9-16(12-15)28(33)34)27(23(31)22(18)30)11-7-10-26(3)4/h6,8-9,12,20,25,29H,7,10-11H2,1-5H3/b21-18+. The van der Waals surface area contributed by atoms with Crippen molar-refractivity contribution < 1.29 is 34.1 Å². The Balaban J connectivity index is 2.22. The largest absolute Gasteiger partial charge is 0.872 e. The van der Waals surface area contributed by atoms with E-state index in [1.165, 1.54) is 30.2 Å². The number of carbonyl (C=O) groups excluding carboxylic acids is 3. The molecule has 1 aliphatic heterocycles. The van der Waals surface area contributed by atoms with Crippen molar-refractivity contribution in [1.29, 1.82) is 0 Å². The number of likely N-dealkylation sites (tertiary alicyclic amines) is 1. The van der Waals surface area contributed by atoms with Gasteiger partial charge in [0.05, 0.1) is 38.7 Å². The van der Waals surface area contributed by atoms with E-state index < -0.39 is 34.4 Å². The Morgan fingerprint density at radius 1 is 1.26 bits per heavy atom. The van der Waals surface area contributed by atoms with E-state index in [1.807, 2.05) is 14.1 Å². The third-order valence-electron chi connectivity index (χ3n) is 6.06. The predicted molar refractivity (Wildman–Crippen MR) is 123 cm³/mol. The first kappa shape index (κ1) is 25.6. The fourth-order valence-corrected chi connectivity index (χ4v) is 4.39. The molecule has 0 saturated carbocycles. The number of H-pyrrole nitrogens is 1. The molecule has 0 bridgehead atoms. The van der Waals surface area contributed by atoms with Crippen molar-refractivity contribution in [2.45, 2.75) is 26.3 Å². The molecule has 1 aromatic carbocycles. The maximum Gasteiger partial charge on any atom is 0.354 e. The number of Topliss-reactive ketones (excluding diaryl/α,β-unsaturated/α-hetero) is 1. The van der Waals surface area contributed by atoms with Gasteiger partial charge in [0.25, 0.3) is 11.6 Å². The number of hydrogen-bond donors (Lipinski definition) is 2. The number of nitrogens with zero attached hydrogens (tertiary/aromatic N) is 2. The molecule has 1 amide bonds. The van der Waals surface area contributed by atoms with Gasteiger partial charge in [-0.25, -0.2) is 4.79 Å². The summed E-state index contributed by atoms with van der Waals surface area (Å²) in [5, 5.41) is 25.1. The molecular weight excluding hydrogens is 456 g/mol. The van der Waals surface area contributed by atoms with Gasteiger partial charge in [-0.2, -0.15) is 0 Å². The lowest BCUT2D eigenvalue weighted by Gasteiger charge is -2.27. The third-order valence-corrected chi connectivity index (χ3v) is 6.06. The fraction of sp³-hybridized carbons (Fsp3) is 0.375. The van der Waals surface area contributed by atoms with Gasteiger partial charge in [0.1, 0.15) is 5.69 Å². The number of aryl methyl sites for hydroxylation is 1. The van der Waals surface area contributed by atoms with Crippen LogP contribution in [0.15, 0.2) is 29.8 Å². The van der Waals surface area contributed by atoms with Crippen LogP contribution >= 0.6 is 0 Å². The van der Waals surface area contributed by atoms with Gasteiger partial charge >= 0.3 is 5.97 Å². The highest BCUT2D eigenvalue weighted by Gasteiger charge is 2.44. The minimum absolute atomic E-state index is 0.0726. The van der Waals surface area contributed by atoms with Gasteiger partial charge in [0.2, 0.25) is 5.78 Å². The highest BCUT2D eigenvalue weighted by Crippen LogP contribution is 2.40. The van der Waals surface area contributed by atoms with E-state index in [9.17, 15) is 29.6 Å². The number of ketones is 1. The van der Waals surface area contributed by atoms with Crippen molar-refractivity contribution in [3.05, 3.63) is 68.0 Å². The van der Waals surface area contributed by atoms with Crippen LogP contribution in [-0.4, -0.2) is 66.8 Å². The molecule has 1 fully saturated rings. The molecule has 11 heteroatoms. The number of amides is 1. The number of aromatic nitrogens is 1. The predicted octanol–water partition coefficient (Wildman–Crippen LogP) is 0.0849. The van der Waals surface area contributed by atoms with E-state index in [2.05, 4.69) is 4.98 Å². The quantitative estimate of drug-likeness (QED) is 0.135. The molecule has 2 heterocycles. The van der Waals surface area contributed by atoms with Gasteiger partial charge in [-0.3, -0.25) is 19.7 Å². The van der Waals surface area contributed by atoms with Crippen molar-refractivity contribution >= 4 is 29.1 Å². The molecular formula is C24H28N4O7. The lowest BCUT2D eigenvalue weighted by molar-refractivity contribution is -0.858. The second-order valence-corrected chi connectivity index (χ2v) is 8.75. The smallest absolute Gasteiger partial charge is 0.354 e. The van der Waals surface area contributed by atoms with E-state index >= 15 is 0 Å². The molecule has 11 nitrogen and oxygen atoms in total. The molecule has 0 radical (unpaired) electrons. The zero-order chi connectivity index (χ0) is 26.0. The fourth-order valence-electron chi connectivity index (χ4n) is 4.39. The molecule has 186 valence electrons. The van der Waals surface area contributed by atoms with Gasteiger partial charge in [-0.1, -0.05) is 17.9 Å². The Labute approximate surface area is 202 Å². The van der Waals surface area contributed by atoms with Crippen LogP contribution in [0.1, 0.15) is 45.3 Å². The first-order valence-corrected chi connectivity index (χ1v) is 11.1. The normalized spacial score (nSPS) is 17.3. The summed E-state index contributed by atoms with van der Waals surface area (Å²) in [5.74, 6) is -3.17. The molecule has 0 aliphatic carbocycles. The highest BCUT2D eigenvalue weighted by molar-refractivity contribution is 6.46. The number of benzene rings is 1. The molecule has 3 rings (SSSR count). The first-order chi connectivity index (χ1) is 16.5. The van der Waals surface area contributed by atoms with Crippen LogP contribution in [0, 0.1) is 24.0 Å². The SMILES string of the molecule is COC(=O)c1[nH]c(C)c(/C([O-])=C2\C(=O)C(=O)N(CCC[NH+](C)C)C2c2cccc([N+](=O)[O-])c2)c1C. The number of nitrogens with one attached hydrogen (secondary N) is 2. The third kappa shape index (κ3) is 4.80. The zero-order valence-electron chi connectivity index (χ0n) is 20.3. The maximum absolute atomic E-state index is 13.8. The molecule has 35 heavy (non-hydrogen) atoms. The number of non-ortho nitro benzene ring substituents is 1. The topological polar surface area (TPSA) is 150 Å². The van der Waals surface area contributed by atoms with Gasteiger partial charge < -0.3 is 24.6 Å². The van der Waals surface area contributed by atoms with Crippen LogP contribution in [0.3, 0.4) is 0 Å².